The van der Waals surface area contributed by atoms with E-state index in [2.05, 4.69) is 22.4 Å². The fourth-order valence-corrected chi connectivity index (χ4v) is 3.05. The number of hydrogen-bond acceptors (Lipinski definition) is 5. The maximum Gasteiger partial charge on any atom is 0.151 e. The van der Waals surface area contributed by atoms with Crippen LogP contribution in [0, 0.1) is 0 Å². The van der Waals surface area contributed by atoms with E-state index in [-0.39, 0.29) is 0 Å². The summed E-state index contributed by atoms with van der Waals surface area (Å²) in [5.74, 6) is 0.770. The summed E-state index contributed by atoms with van der Waals surface area (Å²) in [4.78, 5) is 0. The molecule has 114 valence electrons. The van der Waals surface area contributed by atoms with E-state index < -0.39 is 0 Å². The lowest BCUT2D eigenvalue weighted by atomic mass is 10.2. The van der Waals surface area contributed by atoms with Crippen LogP contribution < -0.4 is 10.1 Å². The molecule has 1 heterocycles. The number of ether oxygens (including phenoxy) is 1. The molecule has 1 aromatic heterocycles. The Bertz CT molecular complexity index is 574. The summed E-state index contributed by atoms with van der Waals surface area (Å²) in [6.07, 6.45) is 3.18. The van der Waals surface area contributed by atoms with Gasteiger partial charge in [-0.15, -0.1) is 10.2 Å². The van der Waals surface area contributed by atoms with Gasteiger partial charge in [-0.2, -0.15) is 0 Å². The molecule has 0 bridgehead atoms. The molecule has 2 rings (SSSR count). The van der Waals surface area contributed by atoms with Crippen molar-refractivity contribution in [3.8, 4) is 16.3 Å². The molecule has 6 heteroatoms. The first-order valence-electron chi connectivity index (χ1n) is 7.11. The molecule has 0 unspecified atom stereocenters. The standard InChI is InChI=1S/C15H20ClN3OS/c1-3-8-17-9-4-5-14-18-19-15(21-14)12-10-11(16)6-7-13(12)20-2/h6-7,10,17H,3-5,8-9H2,1-2H3. The Kier molecular flexibility index (Phi) is 6.42. The number of halogens is 1. The molecule has 0 spiro atoms. The molecule has 0 aliphatic rings. The molecule has 1 aromatic carbocycles. The van der Waals surface area contributed by atoms with E-state index in [1.807, 2.05) is 18.2 Å². The number of hydrogen-bond donors (Lipinski definition) is 1. The Morgan fingerprint density at radius 1 is 1.29 bits per heavy atom. The van der Waals surface area contributed by atoms with Crippen molar-refractivity contribution in [2.24, 2.45) is 0 Å². The quantitative estimate of drug-likeness (QED) is 0.750. The van der Waals surface area contributed by atoms with Gasteiger partial charge in [-0.25, -0.2) is 0 Å². The topological polar surface area (TPSA) is 47.0 Å². The summed E-state index contributed by atoms with van der Waals surface area (Å²) < 4.78 is 5.36. The molecule has 0 fully saturated rings. The predicted molar refractivity (Wildman–Crippen MR) is 88.4 cm³/mol. The zero-order valence-electron chi connectivity index (χ0n) is 12.4. The number of aryl methyl sites for hydroxylation is 1. The van der Waals surface area contributed by atoms with Gasteiger partial charge in [-0.3, -0.25) is 0 Å². The minimum Gasteiger partial charge on any atom is -0.496 e. The molecule has 21 heavy (non-hydrogen) atoms. The van der Waals surface area contributed by atoms with Crippen LogP contribution in [0.2, 0.25) is 5.02 Å². The van der Waals surface area contributed by atoms with Gasteiger partial charge in [0.25, 0.3) is 0 Å². The average molecular weight is 326 g/mol. The van der Waals surface area contributed by atoms with Crippen molar-refractivity contribution < 1.29 is 4.74 Å². The zero-order valence-corrected chi connectivity index (χ0v) is 13.9. The number of benzene rings is 1. The summed E-state index contributed by atoms with van der Waals surface area (Å²) in [7, 11) is 1.65. The molecule has 0 saturated heterocycles. The lowest BCUT2D eigenvalue weighted by Gasteiger charge is -2.05. The van der Waals surface area contributed by atoms with Gasteiger partial charge >= 0.3 is 0 Å². The van der Waals surface area contributed by atoms with Gasteiger partial charge in [0.05, 0.1) is 12.7 Å². The van der Waals surface area contributed by atoms with E-state index in [0.29, 0.717) is 5.02 Å². The summed E-state index contributed by atoms with van der Waals surface area (Å²) in [6.45, 7) is 4.26. The first-order valence-corrected chi connectivity index (χ1v) is 8.31. The third-order valence-electron chi connectivity index (χ3n) is 3.03. The van der Waals surface area contributed by atoms with Crippen LogP contribution in [0.3, 0.4) is 0 Å². The van der Waals surface area contributed by atoms with E-state index in [4.69, 9.17) is 16.3 Å². The number of rotatable bonds is 8. The van der Waals surface area contributed by atoms with Crippen molar-refractivity contribution in [2.45, 2.75) is 26.2 Å². The summed E-state index contributed by atoms with van der Waals surface area (Å²) in [5.41, 5.74) is 0.901. The molecule has 0 atom stereocenters. The second-order valence-electron chi connectivity index (χ2n) is 4.70. The average Bonchev–Trinajstić information content (AvgIpc) is 2.96. The van der Waals surface area contributed by atoms with E-state index in [1.165, 1.54) is 0 Å². The first kappa shape index (κ1) is 16.2. The SMILES string of the molecule is CCCNCCCc1nnc(-c2cc(Cl)ccc2OC)s1. The number of nitrogens with zero attached hydrogens (tertiary/aromatic N) is 2. The first-order chi connectivity index (χ1) is 10.2. The van der Waals surface area contributed by atoms with E-state index in [1.54, 1.807) is 18.4 Å². The Morgan fingerprint density at radius 3 is 2.90 bits per heavy atom. The monoisotopic (exact) mass is 325 g/mol. The highest BCUT2D eigenvalue weighted by Gasteiger charge is 2.12. The predicted octanol–water partition coefficient (Wildman–Crippen LogP) is 3.80. The number of aromatic nitrogens is 2. The van der Waals surface area contributed by atoms with E-state index >= 15 is 0 Å². The molecule has 0 aliphatic carbocycles. The Morgan fingerprint density at radius 2 is 2.14 bits per heavy atom. The Hall–Kier alpha value is -1.17. The van der Waals surface area contributed by atoms with Crippen LogP contribution in [0.4, 0.5) is 0 Å². The molecule has 1 N–H and O–H groups in total. The second kappa shape index (κ2) is 8.32. The fourth-order valence-electron chi connectivity index (χ4n) is 1.98. The van der Waals surface area contributed by atoms with Crippen molar-refractivity contribution in [1.82, 2.24) is 15.5 Å². The Balaban J connectivity index is 2.01. The van der Waals surface area contributed by atoms with Gasteiger partial charge < -0.3 is 10.1 Å². The van der Waals surface area contributed by atoms with Crippen LogP contribution in [-0.4, -0.2) is 30.4 Å². The van der Waals surface area contributed by atoms with E-state index in [9.17, 15) is 0 Å². The maximum atomic E-state index is 6.06. The van der Waals surface area contributed by atoms with Crippen LogP contribution in [0.1, 0.15) is 24.8 Å². The second-order valence-corrected chi connectivity index (χ2v) is 6.20. The molecule has 2 aromatic rings. The molecule has 0 radical (unpaired) electrons. The van der Waals surface area contributed by atoms with Crippen LogP contribution in [0.15, 0.2) is 18.2 Å². The third-order valence-corrected chi connectivity index (χ3v) is 4.28. The third kappa shape index (κ3) is 4.66. The molecular weight excluding hydrogens is 306 g/mol. The highest BCUT2D eigenvalue weighted by Crippen LogP contribution is 2.34. The van der Waals surface area contributed by atoms with Gasteiger partial charge in [0.15, 0.2) is 5.01 Å². The number of methoxy groups -OCH3 is 1. The van der Waals surface area contributed by atoms with Crippen LogP contribution in [0.5, 0.6) is 5.75 Å². The lowest BCUT2D eigenvalue weighted by molar-refractivity contribution is 0.416. The van der Waals surface area contributed by atoms with Crippen LogP contribution in [0.25, 0.3) is 10.6 Å². The molecule has 0 saturated carbocycles. The van der Waals surface area contributed by atoms with Crippen LogP contribution >= 0.6 is 22.9 Å². The fraction of sp³-hybridized carbons (Fsp3) is 0.467. The number of nitrogens with one attached hydrogen (secondary N) is 1. The van der Waals surface area contributed by atoms with Crippen molar-refractivity contribution in [3.63, 3.8) is 0 Å². The highest BCUT2D eigenvalue weighted by atomic mass is 35.5. The summed E-state index contributed by atoms with van der Waals surface area (Å²) in [5, 5.41) is 14.5. The van der Waals surface area contributed by atoms with Crippen molar-refractivity contribution in [3.05, 3.63) is 28.2 Å². The Labute approximate surface area is 134 Å². The lowest BCUT2D eigenvalue weighted by Crippen LogP contribution is -2.16. The summed E-state index contributed by atoms with van der Waals surface area (Å²) in [6, 6.07) is 5.53. The van der Waals surface area contributed by atoms with Gasteiger partial charge in [0.2, 0.25) is 0 Å². The normalized spacial score (nSPS) is 10.8. The van der Waals surface area contributed by atoms with Crippen molar-refractivity contribution >= 4 is 22.9 Å². The van der Waals surface area contributed by atoms with E-state index in [0.717, 1.165) is 53.7 Å². The van der Waals surface area contributed by atoms with Crippen LogP contribution in [-0.2, 0) is 6.42 Å². The molecule has 4 nitrogen and oxygen atoms in total. The molecule has 0 amide bonds. The van der Waals surface area contributed by atoms with Gasteiger partial charge in [0, 0.05) is 11.4 Å². The largest absolute Gasteiger partial charge is 0.496 e. The summed E-state index contributed by atoms with van der Waals surface area (Å²) >= 11 is 7.65. The zero-order chi connectivity index (χ0) is 15.1. The minimum atomic E-state index is 0.673. The van der Waals surface area contributed by atoms with Crippen molar-refractivity contribution in [2.75, 3.05) is 20.2 Å². The van der Waals surface area contributed by atoms with Gasteiger partial charge in [0.1, 0.15) is 10.8 Å². The minimum absolute atomic E-state index is 0.673. The highest BCUT2D eigenvalue weighted by molar-refractivity contribution is 7.14. The molecule has 0 aliphatic heterocycles. The van der Waals surface area contributed by atoms with Gasteiger partial charge in [-0.1, -0.05) is 29.9 Å². The molecular formula is C15H20ClN3OS. The smallest absolute Gasteiger partial charge is 0.151 e. The van der Waals surface area contributed by atoms with Gasteiger partial charge in [-0.05, 0) is 44.1 Å². The van der Waals surface area contributed by atoms with Crippen molar-refractivity contribution in [1.29, 1.82) is 0 Å². The maximum absolute atomic E-state index is 6.06.